The molecule has 24 heavy (non-hydrogen) atoms. The van der Waals surface area contributed by atoms with Crippen LogP contribution < -0.4 is 9.46 Å². The summed E-state index contributed by atoms with van der Waals surface area (Å²) < 4.78 is 36.3. The van der Waals surface area contributed by atoms with E-state index in [9.17, 15) is 13.2 Å². The Morgan fingerprint density at radius 1 is 1.21 bits per heavy atom. The maximum atomic E-state index is 12.2. The molecule has 0 radical (unpaired) electrons. The third-order valence-electron chi connectivity index (χ3n) is 3.28. The highest BCUT2D eigenvalue weighted by molar-refractivity contribution is 7.89. The quantitative estimate of drug-likeness (QED) is 0.791. The van der Waals surface area contributed by atoms with E-state index >= 15 is 0 Å². The fraction of sp³-hybridized carbons (Fsp3) is 0.188. The molecule has 0 saturated carbocycles. The largest absolute Gasteiger partial charge is 0.496 e. The fourth-order valence-corrected chi connectivity index (χ4v) is 3.24. The van der Waals surface area contributed by atoms with E-state index in [0.29, 0.717) is 11.3 Å². The van der Waals surface area contributed by atoms with Gasteiger partial charge in [-0.05, 0) is 31.3 Å². The molecule has 0 saturated heterocycles. The number of halogens is 1. The molecule has 0 heterocycles. The van der Waals surface area contributed by atoms with E-state index < -0.39 is 16.0 Å². The number of esters is 1. The summed E-state index contributed by atoms with van der Waals surface area (Å²) in [4.78, 5) is 12.0. The van der Waals surface area contributed by atoms with Gasteiger partial charge in [0.1, 0.15) is 17.3 Å². The second-order valence-electron chi connectivity index (χ2n) is 4.74. The number of nitrogens with one attached hydrogen (secondary N) is 1. The number of rotatable bonds is 6. The summed E-state index contributed by atoms with van der Waals surface area (Å²) in [7, 11) is -0.988. The van der Waals surface area contributed by atoms with E-state index in [1.165, 1.54) is 32.4 Å². The Morgan fingerprint density at radius 2 is 1.92 bits per heavy atom. The highest BCUT2D eigenvalue weighted by atomic mass is 35.5. The number of hydrogen-bond donors (Lipinski definition) is 1. The zero-order valence-electron chi connectivity index (χ0n) is 13.1. The molecule has 2 aromatic carbocycles. The molecule has 0 fully saturated rings. The smallest absolute Gasteiger partial charge is 0.338 e. The Morgan fingerprint density at radius 3 is 2.58 bits per heavy atom. The van der Waals surface area contributed by atoms with E-state index in [1.54, 1.807) is 24.3 Å². The van der Waals surface area contributed by atoms with Crippen LogP contribution in [0.2, 0.25) is 5.02 Å². The first-order chi connectivity index (χ1) is 11.4. The molecule has 0 bridgehead atoms. The van der Waals surface area contributed by atoms with Crippen molar-refractivity contribution in [3.8, 4) is 5.75 Å². The second kappa shape index (κ2) is 7.65. The molecule has 6 nitrogen and oxygen atoms in total. The molecule has 128 valence electrons. The predicted octanol–water partition coefficient (Wildman–Crippen LogP) is 2.61. The fourth-order valence-electron chi connectivity index (χ4n) is 2.00. The summed E-state index contributed by atoms with van der Waals surface area (Å²) in [6.07, 6.45) is 0. The molecule has 0 aliphatic heterocycles. The van der Waals surface area contributed by atoms with Gasteiger partial charge in [0.2, 0.25) is 10.0 Å². The standard InChI is InChI=1S/C16H16ClNO5S/c1-18-24(20,21)15-9-11(7-8-13(15)17)16(19)23-10-12-5-3-4-6-14(12)22-2/h3-9,18H,10H2,1-2H3. The number of ether oxygens (including phenoxy) is 2. The summed E-state index contributed by atoms with van der Waals surface area (Å²) in [6, 6.07) is 11.0. The Bertz CT molecular complexity index is 851. The minimum atomic E-state index is -3.77. The lowest BCUT2D eigenvalue weighted by atomic mass is 10.2. The minimum Gasteiger partial charge on any atom is -0.496 e. The average Bonchev–Trinajstić information content (AvgIpc) is 2.60. The molecule has 0 amide bonds. The minimum absolute atomic E-state index is 0.000412. The molecule has 1 N–H and O–H groups in total. The van der Waals surface area contributed by atoms with Crippen LogP contribution in [0.1, 0.15) is 15.9 Å². The van der Waals surface area contributed by atoms with Crippen LogP contribution in [0.4, 0.5) is 0 Å². The van der Waals surface area contributed by atoms with Gasteiger partial charge < -0.3 is 9.47 Å². The molecule has 0 aromatic heterocycles. The number of hydrogen-bond acceptors (Lipinski definition) is 5. The van der Waals surface area contributed by atoms with Crippen molar-refractivity contribution in [2.75, 3.05) is 14.2 Å². The maximum absolute atomic E-state index is 12.2. The summed E-state index contributed by atoms with van der Waals surface area (Å²) >= 11 is 5.89. The topological polar surface area (TPSA) is 81.7 Å². The monoisotopic (exact) mass is 369 g/mol. The molecular weight excluding hydrogens is 354 g/mol. The van der Waals surface area contributed by atoms with Crippen molar-refractivity contribution in [3.63, 3.8) is 0 Å². The van der Waals surface area contributed by atoms with E-state index in [0.717, 1.165) is 0 Å². The van der Waals surface area contributed by atoms with Gasteiger partial charge in [-0.3, -0.25) is 0 Å². The maximum Gasteiger partial charge on any atom is 0.338 e. The second-order valence-corrected chi connectivity index (χ2v) is 7.00. The summed E-state index contributed by atoms with van der Waals surface area (Å²) in [6.45, 7) is -0.000412. The molecule has 0 spiro atoms. The van der Waals surface area contributed by atoms with Crippen LogP contribution in [0.3, 0.4) is 0 Å². The summed E-state index contributed by atoms with van der Waals surface area (Å²) in [5.41, 5.74) is 0.786. The average molecular weight is 370 g/mol. The van der Waals surface area contributed by atoms with Crippen LogP contribution in [-0.2, 0) is 21.4 Å². The molecule has 2 aromatic rings. The van der Waals surface area contributed by atoms with Crippen molar-refractivity contribution in [1.82, 2.24) is 4.72 Å². The zero-order valence-corrected chi connectivity index (χ0v) is 14.6. The van der Waals surface area contributed by atoms with Crippen molar-refractivity contribution >= 4 is 27.6 Å². The molecular formula is C16H16ClNO5S. The third-order valence-corrected chi connectivity index (χ3v) is 5.17. The first kappa shape index (κ1) is 18.3. The van der Waals surface area contributed by atoms with E-state index in [2.05, 4.69) is 4.72 Å². The highest BCUT2D eigenvalue weighted by Crippen LogP contribution is 2.23. The van der Waals surface area contributed by atoms with Crippen molar-refractivity contribution in [3.05, 3.63) is 58.6 Å². The lowest BCUT2D eigenvalue weighted by Gasteiger charge is -2.10. The number of para-hydroxylation sites is 1. The number of carbonyl (C=O) groups excluding carboxylic acids is 1. The Labute approximate surface area is 145 Å². The van der Waals surface area contributed by atoms with Crippen molar-refractivity contribution in [2.45, 2.75) is 11.5 Å². The van der Waals surface area contributed by atoms with Gasteiger partial charge in [0, 0.05) is 5.56 Å². The van der Waals surface area contributed by atoms with Gasteiger partial charge in [0.05, 0.1) is 17.7 Å². The zero-order chi connectivity index (χ0) is 17.7. The number of carbonyl (C=O) groups is 1. The first-order valence-corrected chi connectivity index (χ1v) is 8.77. The van der Waals surface area contributed by atoms with Crippen LogP contribution in [0.25, 0.3) is 0 Å². The normalized spacial score (nSPS) is 11.1. The Hall–Kier alpha value is -2.09. The lowest BCUT2D eigenvalue weighted by molar-refractivity contribution is 0.0470. The lowest BCUT2D eigenvalue weighted by Crippen LogP contribution is -2.19. The number of benzene rings is 2. The van der Waals surface area contributed by atoms with Crippen LogP contribution >= 0.6 is 11.6 Å². The summed E-state index contributed by atoms with van der Waals surface area (Å²) in [5, 5.41) is 0.0191. The van der Waals surface area contributed by atoms with E-state index in [4.69, 9.17) is 21.1 Å². The molecule has 0 atom stereocenters. The van der Waals surface area contributed by atoms with Crippen molar-refractivity contribution < 1.29 is 22.7 Å². The van der Waals surface area contributed by atoms with Gasteiger partial charge in [-0.15, -0.1) is 0 Å². The van der Waals surface area contributed by atoms with Gasteiger partial charge in [0.25, 0.3) is 0 Å². The Balaban J connectivity index is 2.20. The van der Waals surface area contributed by atoms with E-state index in [1.807, 2.05) is 0 Å². The first-order valence-electron chi connectivity index (χ1n) is 6.91. The van der Waals surface area contributed by atoms with Gasteiger partial charge >= 0.3 is 5.97 Å². The third kappa shape index (κ3) is 4.05. The van der Waals surface area contributed by atoms with Crippen LogP contribution in [0.5, 0.6) is 5.75 Å². The van der Waals surface area contributed by atoms with Gasteiger partial charge in [-0.2, -0.15) is 0 Å². The van der Waals surface area contributed by atoms with Crippen molar-refractivity contribution in [1.29, 1.82) is 0 Å². The Kier molecular flexibility index (Phi) is 5.82. The summed E-state index contributed by atoms with van der Waals surface area (Å²) in [5.74, 6) is -0.0648. The van der Waals surface area contributed by atoms with Gasteiger partial charge in [-0.25, -0.2) is 17.9 Å². The SMILES string of the molecule is CNS(=O)(=O)c1cc(C(=O)OCc2ccccc2OC)ccc1Cl. The predicted molar refractivity (Wildman–Crippen MR) is 89.8 cm³/mol. The van der Waals surface area contributed by atoms with Crippen molar-refractivity contribution in [2.24, 2.45) is 0 Å². The molecule has 0 unspecified atom stereocenters. The van der Waals surface area contributed by atoms with Crippen LogP contribution in [0.15, 0.2) is 47.4 Å². The highest BCUT2D eigenvalue weighted by Gasteiger charge is 2.19. The van der Waals surface area contributed by atoms with Crippen LogP contribution in [0, 0.1) is 0 Å². The number of methoxy groups -OCH3 is 1. The molecule has 8 heteroatoms. The molecule has 0 aliphatic carbocycles. The van der Waals surface area contributed by atoms with E-state index in [-0.39, 0.29) is 22.1 Å². The molecule has 2 rings (SSSR count). The van der Waals surface area contributed by atoms with Gasteiger partial charge in [-0.1, -0.05) is 29.8 Å². The number of sulfonamides is 1. The van der Waals surface area contributed by atoms with Crippen LogP contribution in [-0.4, -0.2) is 28.5 Å². The van der Waals surface area contributed by atoms with Gasteiger partial charge in [0.15, 0.2) is 0 Å². The molecule has 0 aliphatic rings.